The maximum absolute atomic E-state index is 11.8. The van der Waals surface area contributed by atoms with E-state index in [9.17, 15) is 4.79 Å². The number of rotatable bonds is 3. The molecule has 2 aliphatic heterocycles. The fourth-order valence-corrected chi connectivity index (χ4v) is 2.71. The van der Waals surface area contributed by atoms with Gasteiger partial charge in [-0.25, -0.2) is 0 Å². The minimum atomic E-state index is 0.133. The Morgan fingerprint density at radius 1 is 1.05 bits per heavy atom. The summed E-state index contributed by atoms with van der Waals surface area (Å²) in [6.45, 7) is 3.83. The van der Waals surface area contributed by atoms with Crippen LogP contribution in [-0.4, -0.2) is 32.1 Å². The van der Waals surface area contributed by atoms with Gasteiger partial charge in [0.1, 0.15) is 0 Å². The maximum atomic E-state index is 11.8. The zero-order chi connectivity index (χ0) is 13.1. The number of piperidine rings is 1. The highest BCUT2D eigenvalue weighted by Gasteiger charge is 2.24. The Kier molecular flexibility index (Phi) is 3.80. The van der Waals surface area contributed by atoms with Gasteiger partial charge in [0.05, 0.1) is 5.92 Å². The van der Waals surface area contributed by atoms with E-state index in [0.29, 0.717) is 5.92 Å². The van der Waals surface area contributed by atoms with Crippen LogP contribution in [0.25, 0.3) is 0 Å². The lowest BCUT2D eigenvalue weighted by Crippen LogP contribution is -2.48. The van der Waals surface area contributed by atoms with Crippen LogP contribution in [0.3, 0.4) is 0 Å². The standard InChI is InChI=1S/C15H21N3O/c19-15(13-9-17-10-13)18-14-3-1-11(2-4-14)12-5-7-16-8-6-12/h1-4,12-13,16-17H,5-10H2,(H,18,19). The Bertz CT molecular complexity index is 433. The van der Waals surface area contributed by atoms with E-state index >= 15 is 0 Å². The fraction of sp³-hybridized carbons (Fsp3) is 0.533. The van der Waals surface area contributed by atoms with Crippen molar-refractivity contribution in [2.45, 2.75) is 18.8 Å². The lowest BCUT2D eigenvalue weighted by molar-refractivity contribution is -0.121. The Morgan fingerprint density at radius 2 is 1.74 bits per heavy atom. The van der Waals surface area contributed by atoms with E-state index in [2.05, 4.69) is 28.1 Å². The predicted molar refractivity (Wildman–Crippen MR) is 76.3 cm³/mol. The molecule has 2 fully saturated rings. The van der Waals surface area contributed by atoms with Crippen molar-refractivity contribution in [3.05, 3.63) is 29.8 Å². The average molecular weight is 259 g/mol. The zero-order valence-electron chi connectivity index (χ0n) is 11.1. The lowest BCUT2D eigenvalue weighted by Gasteiger charge is -2.26. The van der Waals surface area contributed by atoms with Crippen LogP contribution in [0.1, 0.15) is 24.3 Å². The van der Waals surface area contributed by atoms with Crippen LogP contribution in [0.15, 0.2) is 24.3 Å². The Hall–Kier alpha value is -1.39. The third-order valence-electron chi connectivity index (χ3n) is 4.14. The third-order valence-corrected chi connectivity index (χ3v) is 4.14. The maximum Gasteiger partial charge on any atom is 0.230 e. The summed E-state index contributed by atoms with van der Waals surface area (Å²) in [7, 11) is 0. The fourth-order valence-electron chi connectivity index (χ4n) is 2.71. The summed E-state index contributed by atoms with van der Waals surface area (Å²) in [5.74, 6) is 0.944. The Balaban J connectivity index is 1.59. The van der Waals surface area contributed by atoms with E-state index in [1.807, 2.05) is 12.1 Å². The normalized spacial score (nSPS) is 20.8. The van der Waals surface area contributed by atoms with Crippen LogP contribution in [0.5, 0.6) is 0 Å². The molecule has 1 amide bonds. The van der Waals surface area contributed by atoms with Crippen LogP contribution in [0.2, 0.25) is 0 Å². The van der Waals surface area contributed by atoms with Crippen LogP contribution >= 0.6 is 0 Å². The molecule has 0 bridgehead atoms. The van der Waals surface area contributed by atoms with E-state index in [0.717, 1.165) is 31.9 Å². The van der Waals surface area contributed by atoms with E-state index in [1.165, 1.54) is 18.4 Å². The summed E-state index contributed by atoms with van der Waals surface area (Å²) >= 11 is 0. The average Bonchev–Trinajstić information content (AvgIpc) is 2.38. The van der Waals surface area contributed by atoms with Crippen molar-refractivity contribution in [2.75, 3.05) is 31.5 Å². The quantitative estimate of drug-likeness (QED) is 0.767. The lowest BCUT2D eigenvalue weighted by atomic mass is 9.90. The summed E-state index contributed by atoms with van der Waals surface area (Å²) < 4.78 is 0. The summed E-state index contributed by atoms with van der Waals surface area (Å²) in [6.07, 6.45) is 2.42. The van der Waals surface area contributed by atoms with Gasteiger partial charge in [-0.1, -0.05) is 12.1 Å². The first-order valence-electron chi connectivity index (χ1n) is 7.15. The molecule has 1 aromatic rings. The van der Waals surface area contributed by atoms with Gasteiger partial charge in [-0.3, -0.25) is 4.79 Å². The number of hydrogen-bond donors (Lipinski definition) is 3. The molecule has 0 spiro atoms. The van der Waals surface area contributed by atoms with Crippen LogP contribution in [0.4, 0.5) is 5.69 Å². The van der Waals surface area contributed by atoms with Crippen molar-refractivity contribution in [3.63, 3.8) is 0 Å². The predicted octanol–water partition coefficient (Wildman–Crippen LogP) is 1.31. The molecule has 4 nitrogen and oxygen atoms in total. The van der Waals surface area contributed by atoms with Crippen LogP contribution in [0, 0.1) is 5.92 Å². The van der Waals surface area contributed by atoms with Gasteiger partial charge in [0.15, 0.2) is 0 Å². The highest BCUT2D eigenvalue weighted by molar-refractivity contribution is 5.93. The molecule has 0 saturated carbocycles. The molecule has 0 unspecified atom stereocenters. The van der Waals surface area contributed by atoms with Crippen molar-refractivity contribution in [1.82, 2.24) is 10.6 Å². The van der Waals surface area contributed by atoms with E-state index in [-0.39, 0.29) is 11.8 Å². The highest BCUT2D eigenvalue weighted by Crippen LogP contribution is 2.26. The molecule has 0 radical (unpaired) electrons. The Labute approximate surface area is 114 Å². The molecule has 2 aliphatic rings. The second-order valence-corrected chi connectivity index (χ2v) is 5.49. The van der Waals surface area contributed by atoms with Crippen molar-refractivity contribution in [3.8, 4) is 0 Å². The molecule has 4 heteroatoms. The molecule has 2 heterocycles. The van der Waals surface area contributed by atoms with Gasteiger partial charge in [-0.15, -0.1) is 0 Å². The molecule has 3 N–H and O–H groups in total. The number of carbonyl (C=O) groups excluding carboxylic acids is 1. The zero-order valence-corrected chi connectivity index (χ0v) is 11.1. The first-order valence-corrected chi connectivity index (χ1v) is 7.15. The molecule has 0 atom stereocenters. The topological polar surface area (TPSA) is 53.2 Å². The van der Waals surface area contributed by atoms with Gasteiger partial charge in [0.25, 0.3) is 0 Å². The van der Waals surface area contributed by atoms with E-state index in [4.69, 9.17) is 0 Å². The number of benzene rings is 1. The number of anilines is 1. The molecule has 3 rings (SSSR count). The smallest absolute Gasteiger partial charge is 0.230 e. The van der Waals surface area contributed by atoms with Crippen molar-refractivity contribution < 1.29 is 4.79 Å². The first-order chi connectivity index (χ1) is 9.33. The number of nitrogens with one attached hydrogen (secondary N) is 3. The van der Waals surface area contributed by atoms with Crippen molar-refractivity contribution in [2.24, 2.45) is 5.92 Å². The van der Waals surface area contributed by atoms with Gasteiger partial charge in [0.2, 0.25) is 5.91 Å². The van der Waals surface area contributed by atoms with Crippen LogP contribution in [-0.2, 0) is 4.79 Å². The van der Waals surface area contributed by atoms with E-state index < -0.39 is 0 Å². The third kappa shape index (κ3) is 2.96. The van der Waals surface area contributed by atoms with Gasteiger partial charge >= 0.3 is 0 Å². The minimum Gasteiger partial charge on any atom is -0.326 e. The largest absolute Gasteiger partial charge is 0.326 e. The molecular formula is C15H21N3O. The minimum absolute atomic E-state index is 0.133. The highest BCUT2D eigenvalue weighted by atomic mass is 16.2. The molecule has 102 valence electrons. The first kappa shape index (κ1) is 12.6. The second kappa shape index (κ2) is 5.72. The molecule has 1 aromatic carbocycles. The van der Waals surface area contributed by atoms with Gasteiger partial charge in [-0.2, -0.15) is 0 Å². The molecule has 2 saturated heterocycles. The summed E-state index contributed by atoms with van der Waals surface area (Å²) in [6, 6.07) is 8.37. The molecular weight excluding hydrogens is 238 g/mol. The van der Waals surface area contributed by atoms with Gasteiger partial charge < -0.3 is 16.0 Å². The van der Waals surface area contributed by atoms with Crippen LogP contribution < -0.4 is 16.0 Å². The number of amides is 1. The molecule has 0 aromatic heterocycles. The summed E-state index contributed by atoms with van der Waals surface area (Å²) in [5, 5.41) is 9.48. The molecule has 0 aliphatic carbocycles. The van der Waals surface area contributed by atoms with Crippen molar-refractivity contribution in [1.29, 1.82) is 0 Å². The second-order valence-electron chi connectivity index (χ2n) is 5.49. The van der Waals surface area contributed by atoms with Gasteiger partial charge in [-0.05, 0) is 49.5 Å². The van der Waals surface area contributed by atoms with Crippen molar-refractivity contribution >= 4 is 11.6 Å². The number of hydrogen-bond acceptors (Lipinski definition) is 3. The van der Waals surface area contributed by atoms with E-state index in [1.54, 1.807) is 0 Å². The SMILES string of the molecule is O=C(Nc1ccc(C2CCNCC2)cc1)C1CNC1. The number of carbonyl (C=O) groups is 1. The van der Waals surface area contributed by atoms with Gasteiger partial charge in [0, 0.05) is 18.8 Å². The molecule has 19 heavy (non-hydrogen) atoms. The Morgan fingerprint density at radius 3 is 2.32 bits per heavy atom. The summed E-state index contributed by atoms with van der Waals surface area (Å²) in [5.41, 5.74) is 2.30. The monoisotopic (exact) mass is 259 g/mol. The summed E-state index contributed by atoms with van der Waals surface area (Å²) in [4.78, 5) is 11.8.